The van der Waals surface area contributed by atoms with E-state index < -0.39 is 0 Å². The van der Waals surface area contributed by atoms with E-state index >= 15 is 0 Å². The zero-order chi connectivity index (χ0) is 11.9. The molecule has 0 bridgehead atoms. The molecule has 0 aromatic carbocycles. The Morgan fingerprint density at radius 2 is 2.29 bits per heavy atom. The second kappa shape index (κ2) is 6.42. The van der Waals surface area contributed by atoms with Gasteiger partial charge in [-0.25, -0.2) is 9.97 Å². The molecule has 0 aliphatic heterocycles. The van der Waals surface area contributed by atoms with Gasteiger partial charge < -0.3 is 10.1 Å². The van der Waals surface area contributed by atoms with Gasteiger partial charge in [0.1, 0.15) is 12.1 Å². The summed E-state index contributed by atoms with van der Waals surface area (Å²) in [5.41, 5.74) is 0. The van der Waals surface area contributed by atoms with Crippen molar-refractivity contribution in [3.8, 4) is 5.88 Å². The first kappa shape index (κ1) is 12.1. The smallest absolute Gasteiger partial charge is 0.218 e. The van der Waals surface area contributed by atoms with Gasteiger partial charge in [-0.05, 0) is 18.8 Å². The number of rotatable bonds is 7. The summed E-state index contributed by atoms with van der Waals surface area (Å²) in [6.45, 7) is 3.78. The van der Waals surface area contributed by atoms with Gasteiger partial charge in [-0.3, -0.25) is 0 Å². The van der Waals surface area contributed by atoms with Crippen molar-refractivity contribution in [3.05, 3.63) is 12.4 Å². The highest BCUT2D eigenvalue weighted by Gasteiger charge is 2.16. The predicted octanol–water partition coefficient (Wildman–Crippen LogP) is 2.87. The molecular weight excluding hydrogens is 214 g/mol. The molecule has 1 aromatic rings. The summed E-state index contributed by atoms with van der Waals surface area (Å²) in [6.07, 6.45) is 8.00. The molecule has 0 unspecified atom stereocenters. The number of nitrogens with one attached hydrogen (secondary N) is 1. The van der Waals surface area contributed by atoms with Crippen LogP contribution in [0.1, 0.15) is 39.0 Å². The Morgan fingerprint density at radius 3 is 3.00 bits per heavy atom. The fraction of sp³-hybridized carbons (Fsp3) is 0.692. The zero-order valence-electron chi connectivity index (χ0n) is 10.5. The lowest BCUT2D eigenvalue weighted by atomic mass is 9.83. The molecule has 0 radical (unpaired) electrons. The van der Waals surface area contributed by atoms with E-state index in [1.807, 2.05) is 6.07 Å². The first-order valence-electron chi connectivity index (χ1n) is 6.57. The Bertz CT molecular complexity index is 339. The minimum Gasteiger partial charge on any atom is -0.478 e. The third kappa shape index (κ3) is 3.88. The van der Waals surface area contributed by atoms with Gasteiger partial charge in [0.05, 0.1) is 6.61 Å². The molecule has 0 saturated heterocycles. The normalized spacial score (nSPS) is 15.4. The fourth-order valence-corrected chi connectivity index (χ4v) is 1.91. The highest BCUT2D eigenvalue weighted by molar-refractivity contribution is 5.36. The molecule has 1 aromatic heterocycles. The second-order valence-corrected chi connectivity index (χ2v) is 4.60. The van der Waals surface area contributed by atoms with Crippen molar-refractivity contribution in [1.82, 2.24) is 9.97 Å². The molecule has 1 N–H and O–H groups in total. The van der Waals surface area contributed by atoms with Crippen LogP contribution in [0.5, 0.6) is 5.88 Å². The van der Waals surface area contributed by atoms with Gasteiger partial charge in [-0.15, -0.1) is 0 Å². The third-order valence-corrected chi connectivity index (χ3v) is 3.18. The molecule has 0 amide bonds. The molecule has 0 atom stereocenters. The number of anilines is 1. The molecule has 1 fully saturated rings. The molecule has 4 heteroatoms. The van der Waals surface area contributed by atoms with Gasteiger partial charge in [0.25, 0.3) is 0 Å². The fourth-order valence-electron chi connectivity index (χ4n) is 1.91. The molecule has 17 heavy (non-hydrogen) atoms. The third-order valence-electron chi connectivity index (χ3n) is 3.18. The van der Waals surface area contributed by atoms with Crippen LogP contribution in [-0.4, -0.2) is 23.1 Å². The molecule has 1 saturated carbocycles. The second-order valence-electron chi connectivity index (χ2n) is 4.60. The van der Waals surface area contributed by atoms with E-state index in [0.29, 0.717) is 12.5 Å². The lowest BCUT2D eigenvalue weighted by molar-refractivity contribution is 0.302. The average molecular weight is 235 g/mol. The van der Waals surface area contributed by atoms with Crippen LogP contribution in [-0.2, 0) is 0 Å². The summed E-state index contributed by atoms with van der Waals surface area (Å²) in [6, 6.07) is 1.87. The van der Waals surface area contributed by atoms with Gasteiger partial charge >= 0.3 is 0 Å². The molecular formula is C13H21N3O. The molecule has 1 aliphatic rings. The van der Waals surface area contributed by atoms with Crippen LogP contribution in [0.4, 0.5) is 5.82 Å². The Morgan fingerprint density at radius 1 is 1.41 bits per heavy atom. The van der Waals surface area contributed by atoms with Crippen molar-refractivity contribution in [2.75, 3.05) is 18.5 Å². The van der Waals surface area contributed by atoms with Crippen molar-refractivity contribution in [1.29, 1.82) is 0 Å². The van der Waals surface area contributed by atoms with E-state index in [1.54, 1.807) is 6.33 Å². The SMILES string of the molecule is CCCOc1cc(NCCC2CCC2)ncn1. The first-order valence-corrected chi connectivity index (χ1v) is 6.57. The number of hydrogen-bond acceptors (Lipinski definition) is 4. The summed E-state index contributed by atoms with van der Waals surface area (Å²) in [4.78, 5) is 8.26. The maximum Gasteiger partial charge on any atom is 0.218 e. The number of nitrogens with zero attached hydrogens (tertiary/aromatic N) is 2. The van der Waals surface area contributed by atoms with Gasteiger partial charge in [0.2, 0.25) is 5.88 Å². The standard InChI is InChI=1S/C13H21N3O/c1-2-8-17-13-9-12(15-10-16-13)14-7-6-11-4-3-5-11/h9-11H,2-8H2,1H3,(H,14,15,16). The largest absolute Gasteiger partial charge is 0.478 e. The molecule has 94 valence electrons. The Balaban J connectivity index is 1.74. The molecule has 1 aliphatic carbocycles. The minimum absolute atomic E-state index is 0.660. The maximum atomic E-state index is 5.46. The van der Waals surface area contributed by atoms with Gasteiger partial charge in [0, 0.05) is 12.6 Å². The van der Waals surface area contributed by atoms with Crippen LogP contribution in [0.3, 0.4) is 0 Å². The highest BCUT2D eigenvalue weighted by atomic mass is 16.5. The van der Waals surface area contributed by atoms with Crippen LogP contribution >= 0.6 is 0 Å². The summed E-state index contributed by atoms with van der Waals surface area (Å²) in [5.74, 6) is 2.46. The van der Waals surface area contributed by atoms with Crippen molar-refractivity contribution in [2.24, 2.45) is 5.92 Å². The lowest BCUT2D eigenvalue weighted by Crippen LogP contribution is -2.16. The Hall–Kier alpha value is -1.32. The van der Waals surface area contributed by atoms with Gasteiger partial charge in [-0.2, -0.15) is 0 Å². The summed E-state index contributed by atoms with van der Waals surface area (Å²) in [7, 11) is 0. The quantitative estimate of drug-likeness (QED) is 0.789. The van der Waals surface area contributed by atoms with Crippen LogP contribution in [0.25, 0.3) is 0 Å². The highest BCUT2D eigenvalue weighted by Crippen LogP contribution is 2.29. The maximum absolute atomic E-state index is 5.46. The minimum atomic E-state index is 0.660. The molecule has 2 rings (SSSR count). The van der Waals surface area contributed by atoms with Crippen molar-refractivity contribution < 1.29 is 4.74 Å². The first-order chi connectivity index (χ1) is 8.38. The van der Waals surface area contributed by atoms with Crippen LogP contribution in [0.2, 0.25) is 0 Å². The molecule has 0 spiro atoms. The van der Waals surface area contributed by atoms with Gasteiger partial charge in [-0.1, -0.05) is 26.2 Å². The number of aromatic nitrogens is 2. The predicted molar refractivity (Wildman–Crippen MR) is 68.3 cm³/mol. The van der Waals surface area contributed by atoms with Crippen molar-refractivity contribution >= 4 is 5.82 Å². The summed E-state index contributed by atoms with van der Waals surface area (Å²) in [5, 5.41) is 3.33. The molecule has 1 heterocycles. The van der Waals surface area contributed by atoms with Gasteiger partial charge in [0.15, 0.2) is 0 Å². The Kier molecular flexibility index (Phi) is 4.59. The van der Waals surface area contributed by atoms with Crippen LogP contribution in [0, 0.1) is 5.92 Å². The van der Waals surface area contributed by atoms with E-state index in [9.17, 15) is 0 Å². The van der Waals surface area contributed by atoms with E-state index in [0.717, 1.165) is 24.7 Å². The summed E-state index contributed by atoms with van der Waals surface area (Å²) >= 11 is 0. The van der Waals surface area contributed by atoms with Crippen LogP contribution in [0.15, 0.2) is 12.4 Å². The lowest BCUT2D eigenvalue weighted by Gasteiger charge is -2.25. The van der Waals surface area contributed by atoms with Crippen molar-refractivity contribution in [3.63, 3.8) is 0 Å². The average Bonchev–Trinajstić information content (AvgIpc) is 2.30. The number of hydrogen-bond donors (Lipinski definition) is 1. The van der Waals surface area contributed by atoms with E-state index in [-0.39, 0.29) is 0 Å². The van der Waals surface area contributed by atoms with Crippen molar-refractivity contribution in [2.45, 2.75) is 39.0 Å². The summed E-state index contributed by atoms with van der Waals surface area (Å²) < 4.78 is 5.46. The Labute approximate surface area is 103 Å². The number of ether oxygens (including phenoxy) is 1. The topological polar surface area (TPSA) is 47.0 Å². The molecule has 4 nitrogen and oxygen atoms in total. The monoisotopic (exact) mass is 235 g/mol. The van der Waals surface area contributed by atoms with E-state index in [4.69, 9.17) is 4.74 Å². The van der Waals surface area contributed by atoms with E-state index in [2.05, 4.69) is 22.2 Å². The van der Waals surface area contributed by atoms with Crippen LogP contribution < -0.4 is 10.1 Å². The zero-order valence-corrected chi connectivity index (χ0v) is 10.5. The van der Waals surface area contributed by atoms with E-state index in [1.165, 1.54) is 25.7 Å².